The number of carbonyl (C=O) groups is 1. The van der Waals surface area contributed by atoms with E-state index in [-0.39, 0.29) is 5.91 Å². The Morgan fingerprint density at radius 3 is 2.44 bits per heavy atom. The molecule has 0 aliphatic heterocycles. The number of hydrogen-bond donors (Lipinski definition) is 1. The van der Waals surface area contributed by atoms with Gasteiger partial charge in [0.2, 0.25) is 0 Å². The third-order valence-electron chi connectivity index (χ3n) is 3.87. The zero-order valence-corrected chi connectivity index (χ0v) is 14.2. The molecule has 0 fully saturated rings. The number of nitrogens with zero attached hydrogens (tertiary/aromatic N) is 2. The quantitative estimate of drug-likeness (QED) is 0.717. The number of benzene rings is 2. The maximum atomic E-state index is 12.7. The van der Waals surface area contributed by atoms with Gasteiger partial charge in [-0.1, -0.05) is 48.5 Å². The summed E-state index contributed by atoms with van der Waals surface area (Å²) in [7, 11) is 0. The van der Waals surface area contributed by atoms with Crippen LogP contribution in [-0.2, 0) is 13.2 Å². The van der Waals surface area contributed by atoms with Crippen molar-refractivity contribution < 1.29 is 9.53 Å². The van der Waals surface area contributed by atoms with Crippen LogP contribution in [0.15, 0.2) is 66.7 Å². The number of hydrogen-bond acceptors (Lipinski definition) is 3. The Morgan fingerprint density at radius 2 is 1.76 bits per heavy atom. The first-order chi connectivity index (χ1) is 12.3. The molecule has 1 aromatic heterocycles. The minimum atomic E-state index is -0.0893. The molecule has 5 heteroatoms. The van der Waals surface area contributed by atoms with Crippen LogP contribution in [0.25, 0.3) is 0 Å². The number of H-pyrrole nitrogens is 1. The van der Waals surface area contributed by atoms with E-state index in [0.29, 0.717) is 25.4 Å². The van der Waals surface area contributed by atoms with Gasteiger partial charge in [0.25, 0.3) is 5.91 Å². The highest BCUT2D eigenvalue weighted by atomic mass is 16.5. The van der Waals surface area contributed by atoms with Crippen molar-refractivity contribution in [1.82, 2.24) is 15.1 Å². The largest absolute Gasteiger partial charge is 0.487 e. The first-order valence-corrected chi connectivity index (χ1v) is 8.31. The molecule has 1 heterocycles. The van der Waals surface area contributed by atoms with E-state index >= 15 is 0 Å². The van der Waals surface area contributed by atoms with E-state index in [1.165, 1.54) is 0 Å². The first kappa shape index (κ1) is 16.8. The molecule has 0 atom stereocenters. The fourth-order valence-electron chi connectivity index (χ4n) is 2.52. The number of ether oxygens (including phenoxy) is 1. The van der Waals surface area contributed by atoms with E-state index in [2.05, 4.69) is 10.2 Å². The second kappa shape index (κ2) is 8.15. The third kappa shape index (κ3) is 4.47. The van der Waals surface area contributed by atoms with Gasteiger partial charge in [0.15, 0.2) is 5.69 Å². The molecule has 1 amide bonds. The summed E-state index contributed by atoms with van der Waals surface area (Å²) in [6.45, 7) is 3.50. The molecule has 2 aromatic carbocycles. The standard InChI is InChI=1S/C20H21N3O2/c1-2-23(14-16-9-5-3-6-10-16)20(24)19-13-17(21-22-19)15-25-18-11-7-4-8-12-18/h3-13H,2,14-15H2,1H3,(H,21,22). The van der Waals surface area contributed by atoms with Crippen molar-refractivity contribution in [2.24, 2.45) is 0 Å². The maximum absolute atomic E-state index is 12.7. The van der Waals surface area contributed by atoms with Gasteiger partial charge in [-0.3, -0.25) is 9.89 Å². The Morgan fingerprint density at radius 1 is 1.08 bits per heavy atom. The molecule has 0 saturated carbocycles. The number of aromatic nitrogens is 2. The molecule has 0 unspecified atom stereocenters. The number of rotatable bonds is 7. The predicted molar refractivity (Wildman–Crippen MR) is 96.2 cm³/mol. The van der Waals surface area contributed by atoms with E-state index in [1.54, 1.807) is 11.0 Å². The monoisotopic (exact) mass is 335 g/mol. The first-order valence-electron chi connectivity index (χ1n) is 8.31. The van der Waals surface area contributed by atoms with E-state index < -0.39 is 0 Å². The van der Waals surface area contributed by atoms with Gasteiger partial charge in [-0.05, 0) is 30.7 Å². The molecule has 0 spiro atoms. The summed E-state index contributed by atoms with van der Waals surface area (Å²) in [6, 6.07) is 21.2. The molecule has 0 aliphatic rings. The van der Waals surface area contributed by atoms with Crippen molar-refractivity contribution in [3.63, 3.8) is 0 Å². The lowest BCUT2D eigenvalue weighted by Crippen LogP contribution is -2.30. The lowest BCUT2D eigenvalue weighted by Gasteiger charge is -2.19. The van der Waals surface area contributed by atoms with E-state index in [9.17, 15) is 4.79 Å². The highest BCUT2D eigenvalue weighted by Crippen LogP contribution is 2.13. The van der Waals surface area contributed by atoms with Crippen molar-refractivity contribution in [1.29, 1.82) is 0 Å². The molecular weight excluding hydrogens is 314 g/mol. The Bertz CT molecular complexity index is 800. The fourth-order valence-corrected chi connectivity index (χ4v) is 2.52. The Balaban J connectivity index is 1.62. The second-order valence-electron chi connectivity index (χ2n) is 5.69. The van der Waals surface area contributed by atoms with E-state index in [0.717, 1.165) is 17.0 Å². The van der Waals surface area contributed by atoms with E-state index in [4.69, 9.17) is 4.74 Å². The molecule has 1 N–H and O–H groups in total. The topological polar surface area (TPSA) is 58.2 Å². The van der Waals surface area contributed by atoms with Crippen molar-refractivity contribution in [2.45, 2.75) is 20.1 Å². The summed E-state index contributed by atoms with van der Waals surface area (Å²) >= 11 is 0. The van der Waals surface area contributed by atoms with Crippen LogP contribution >= 0.6 is 0 Å². The number of amides is 1. The van der Waals surface area contributed by atoms with Crippen LogP contribution in [0.4, 0.5) is 0 Å². The minimum absolute atomic E-state index is 0.0893. The second-order valence-corrected chi connectivity index (χ2v) is 5.69. The van der Waals surface area contributed by atoms with E-state index in [1.807, 2.05) is 67.6 Å². The van der Waals surface area contributed by atoms with Crippen LogP contribution in [-0.4, -0.2) is 27.5 Å². The molecule has 3 aromatic rings. The lowest BCUT2D eigenvalue weighted by molar-refractivity contribution is 0.0746. The summed E-state index contributed by atoms with van der Waals surface area (Å²) in [5, 5.41) is 7.02. The summed E-state index contributed by atoms with van der Waals surface area (Å²) in [5.41, 5.74) is 2.27. The zero-order chi connectivity index (χ0) is 17.5. The minimum Gasteiger partial charge on any atom is -0.487 e. The summed E-state index contributed by atoms with van der Waals surface area (Å²) < 4.78 is 5.67. The Labute approximate surface area is 147 Å². The number of carbonyl (C=O) groups excluding carboxylic acids is 1. The van der Waals surface area contributed by atoms with Crippen LogP contribution in [0, 0.1) is 0 Å². The molecule has 0 saturated heterocycles. The van der Waals surface area contributed by atoms with Crippen LogP contribution in [0.1, 0.15) is 28.7 Å². The smallest absolute Gasteiger partial charge is 0.274 e. The fraction of sp³-hybridized carbons (Fsp3) is 0.200. The van der Waals surface area contributed by atoms with Gasteiger partial charge in [-0.2, -0.15) is 5.10 Å². The number of aromatic amines is 1. The molecule has 0 bridgehead atoms. The van der Waals surface area contributed by atoms with Gasteiger partial charge in [0.1, 0.15) is 12.4 Å². The molecular formula is C20H21N3O2. The van der Waals surface area contributed by atoms with Gasteiger partial charge in [-0.25, -0.2) is 0 Å². The molecule has 3 rings (SSSR count). The molecule has 0 aliphatic carbocycles. The van der Waals surface area contributed by atoms with Crippen molar-refractivity contribution in [3.8, 4) is 5.75 Å². The van der Waals surface area contributed by atoms with Gasteiger partial charge in [-0.15, -0.1) is 0 Å². The van der Waals surface area contributed by atoms with Crippen LogP contribution in [0.2, 0.25) is 0 Å². The average molecular weight is 335 g/mol. The molecule has 5 nitrogen and oxygen atoms in total. The Kier molecular flexibility index (Phi) is 5.46. The molecule has 128 valence electrons. The van der Waals surface area contributed by atoms with Crippen LogP contribution in [0.3, 0.4) is 0 Å². The van der Waals surface area contributed by atoms with Crippen molar-refractivity contribution in [2.75, 3.05) is 6.54 Å². The number of para-hydroxylation sites is 1. The highest BCUT2D eigenvalue weighted by molar-refractivity contribution is 5.92. The van der Waals surface area contributed by atoms with Gasteiger partial charge in [0.05, 0.1) is 5.69 Å². The number of nitrogens with one attached hydrogen (secondary N) is 1. The third-order valence-corrected chi connectivity index (χ3v) is 3.87. The molecule has 25 heavy (non-hydrogen) atoms. The summed E-state index contributed by atoms with van der Waals surface area (Å²) in [6.07, 6.45) is 0. The van der Waals surface area contributed by atoms with Gasteiger partial charge >= 0.3 is 0 Å². The van der Waals surface area contributed by atoms with Crippen molar-refractivity contribution in [3.05, 3.63) is 83.7 Å². The highest BCUT2D eigenvalue weighted by Gasteiger charge is 2.17. The van der Waals surface area contributed by atoms with Gasteiger partial charge < -0.3 is 9.64 Å². The summed E-state index contributed by atoms with van der Waals surface area (Å²) in [4.78, 5) is 14.4. The summed E-state index contributed by atoms with van der Waals surface area (Å²) in [5.74, 6) is 0.692. The molecule has 0 radical (unpaired) electrons. The van der Waals surface area contributed by atoms with Crippen LogP contribution < -0.4 is 4.74 Å². The lowest BCUT2D eigenvalue weighted by atomic mass is 10.2. The SMILES string of the molecule is CCN(Cc1ccccc1)C(=O)c1cc(COc2ccccc2)[nH]n1. The van der Waals surface area contributed by atoms with Crippen LogP contribution in [0.5, 0.6) is 5.75 Å². The maximum Gasteiger partial charge on any atom is 0.274 e. The average Bonchev–Trinajstić information content (AvgIpc) is 3.14. The normalized spacial score (nSPS) is 10.4. The Hall–Kier alpha value is -3.08. The zero-order valence-electron chi connectivity index (χ0n) is 14.2. The van der Waals surface area contributed by atoms with Gasteiger partial charge in [0, 0.05) is 13.1 Å². The predicted octanol–water partition coefficient (Wildman–Crippen LogP) is 3.65. The van der Waals surface area contributed by atoms with Crippen molar-refractivity contribution >= 4 is 5.91 Å².